The highest BCUT2D eigenvalue weighted by atomic mass is 32.2. The maximum absolute atomic E-state index is 12.4. The summed E-state index contributed by atoms with van der Waals surface area (Å²) in [6.45, 7) is 0. The third-order valence-electron chi connectivity index (χ3n) is 3.63. The van der Waals surface area contributed by atoms with Crippen LogP contribution in [-0.4, -0.2) is 36.6 Å². The standard InChI is InChI=1S/C16H13NO7S/c18-15(19)8-12(16(20)21)17-25(22,23)9-5-6-14-11(7-9)10-3-1-2-4-13(10)24-14/h1-7,12,17H,8H2,(H,18,19)(H,20,21). The highest BCUT2D eigenvalue weighted by Crippen LogP contribution is 2.30. The summed E-state index contributed by atoms with van der Waals surface area (Å²) >= 11 is 0. The molecule has 0 aliphatic rings. The third-order valence-corrected chi connectivity index (χ3v) is 5.10. The van der Waals surface area contributed by atoms with Crippen molar-refractivity contribution in [2.75, 3.05) is 0 Å². The lowest BCUT2D eigenvalue weighted by molar-refractivity contribution is -0.145. The van der Waals surface area contributed by atoms with E-state index >= 15 is 0 Å². The summed E-state index contributed by atoms with van der Waals surface area (Å²) in [4.78, 5) is 21.6. The van der Waals surface area contributed by atoms with Crippen LogP contribution < -0.4 is 4.72 Å². The minimum absolute atomic E-state index is 0.178. The molecule has 0 aliphatic heterocycles. The molecule has 2 aromatic carbocycles. The molecule has 1 heterocycles. The maximum atomic E-state index is 12.4. The van der Waals surface area contributed by atoms with Crippen LogP contribution in [0.5, 0.6) is 0 Å². The van der Waals surface area contributed by atoms with Gasteiger partial charge in [0.15, 0.2) is 0 Å². The largest absolute Gasteiger partial charge is 0.481 e. The van der Waals surface area contributed by atoms with Crippen molar-refractivity contribution in [1.29, 1.82) is 0 Å². The van der Waals surface area contributed by atoms with Crippen LogP contribution in [0.4, 0.5) is 0 Å². The average Bonchev–Trinajstić information content (AvgIpc) is 2.91. The number of sulfonamides is 1. The van der Waals surface area contributed by atoms with Crippen molar-refractivity contribution in [3.05, 3.63) is 42.5 Å². The van der Waals surface area contributed by atoms with Crippen molar-refractivity contribution < 1.29 is 32.6 Å². The molecule has 0 saturated heterocycles. The Morgan fingerprint density at radius 1 is 1.04 bits per heavy atom. The van der Waals surface area contributed by atoms with Crippen molar-refractivity contribution in [3.63, 3.8) is 0 Å². The monoisotopic (exact) mass is 363 g/mol. The Labute approximate surface area is 141 Å². The number of para-hydroxylation sites is 1. The molecule has 1 aromatic heterocycles. The number of rotatable bonds is 6. The van der Waals surface area contributed by atoms with Gasteiger partial charge >= 0.3 is 11.9 Å². The number of hydrogen-bond donors (Lipinski definition) is 3. The minimum Gasteiger partial charge on any atom is -0.481 e. The molecule has 130 valence electrons. The first-order chi connectivity index (χ1) is 11.8. The highest BCUT2D eigenvalue weighted by Gasteiger charge is 2.28. The molecule has 1 unspecified atom stereocenters. The van der Waals surface area contributed by atoms with E-state index in [4.69, 9.17) is 14.6 Å². The van der Waals surface area contributed by atoms with E-state index in [0.29, 0.717) is 16.6 Å². The summed E-state index contributed by atoms with van der Waals surface area (Å²) < 4.78 is 32.4. The molecule has 8 nitrogen and oxygen atoms in total. The van der Waals surface area contributed by atoms with E-state index in [-0.39, 0.29) is 4.90 Å². The minimum atomic E-state index is -4.22. The first kappa shape index (κ1) is 16.9. The van der Waals surface area contributed by atoms with Crippen LogP contribution in [0.1, 0.15) is 6.42 Å². The lowest BCUT2D eigenvalue weighted by Crippen LogP contribution is -2.42. The number of carboxylic acid groups (broad SMARTS) is 2. The van der Waals surface area contributed by atoms with E-state index < -0.39 is 34.4 Å². The van der Waals surface area contributed by atoms with E-state index in [0.717, 1.165) is 5.39 Å². The molecule has 0 fully saturated rings. The Morgan fingerprint density at radius 3 is 2.40 bits per heavy atom. The Hall–Kier alpha value is -2.91. The van der Waals surface area contributed by atoms with Crippen LogP contribution in [0.2, 0.25) is 0 Å². The normalized spacial score (nSPS) is 13.1. The van der Waals surface area contributed by atoms with Crippen molar-refractivity contribution in [2.45, 2.75) is 17.4 Å². The molecule has 0 spiro atoms. The molecule has 0 saturated carbocycles. The second-order valence-corrected chi connectivity index (χ2v) is 7.08. The maximum Gasteiger partial charge on any atom is 0.322 e. The van der Waals surface area contributed by atoms with Gasteiger partial charge in [-0.2, -0.15) is 4.72 Å². The zero-order chi connectivity index (χ0) is 18.2. The molecule has 0 amide bonds. The number of carboxylic acids is 2. The summed E-state index contributed by atoms with van der Waals surface area (Å²) in [6, 6.07) is 9.42. The molecule has 9 heteroatoms. The van der Waals surface area contributed by atoms with E-state index in [2.05, 4.69) is 0 Å². The van der Waals surface area contributed by atoms with Gasteiger partial charge in [0.1, 0.15) is 17.2 Å². The summed E-state index contributed by atoms with van der Waals surface area (Å²) in [7, 11) is -4.22. The van der Waals surface area contributed by atoms with Crippen molar-refractivity contribution in [2.24, 2.45) is 0 Å². The number of aliphatic carboxylic acids is 2. The summed E-state index contributed by atoms with van der Waals surface area (Å²) in [5.41, 5.74) is 1.08. The van der Waals surface area contributed by atoms with Crippen molar-refractivity contribution >= 4 is 43.9 Å². The van der Waals surface area contributed by atoms with Gasteiger partial charge in [-0.15, -0.1) is 0 Å². The van der Waals surface area contributed by atoms with Crippen LogP contribution in [0, 0.1) is 0 Å². The number of carbonyl (C=O) groups is 2. The van der Waals surface area contributed by atoms with Crippen LogP contribution in [0.25, 0.3) is 21.9 Å². The fourth-order valence-corrected chi connectivity index (χ4v) is 3.70. The Bertz CT molecular complexity index is 1080. The first-order valence-corrected chi connectivity index (χ1v) is 8.64. The zero-order valence-corrected chi connectivity index (χ0v) is 13.5. The summed E-state index contributed by atoms with van der Waals surface area (Å²) in [6.07, 6.45) is -0.870. The molecule has 0 radical (unpaired) electrons. The molecular weight excluding hydrogens is 350 g/mol. The van der Waals surface area contributed by atoms with Gasteiger partial charge in [-0.3, -0.25) is 9.59 Å². The van der Waals surface area contributed by atoms with Crippen LogP contribution in [0.15, 0.2) is 51.8 Å². The van der Waals surface area contributed by atoms with Gasteiger partial charge in [-0.05, 0) is 24.3 Å². The quantitative estimate of drug-likeness (QED) is 0.608. The van der Waals surface area contributed by atoms with E-state index in [9.17, 15) is 18.0 Å². The van der Waals surface area contributed by atoms with Crippen LogP contribution in [-0.2, 0) is 19.6 Å². The average molecular weight is 363 g/mol. The van der Waals surface area contributed by atoms with Crippen molar-refractivity contribution in [3.8, 4) is 0 Å². The number of hydrogen-bond acceptors (Lipinski definition) is 5. The highest BCUT2D eigenvalue weighted by molar-refractivity contribution is 7.89. The fraction of sp³-hybridized carbons (Fsp3) is 0.125. The molecule has 3 N–H and O–H groups in total. The van der Waals surface area contributed by atoms with Gasteiger partial charge in [0.25, 0.3) is 0 Å². The summed E-state index contributed by atoms with van der Waals surface area (Å²) in [5, 5.41) is 19.0. The first-order valence-electron chi connectivity index (χ1n) is 7.16. The lowest BCUT2D eigenvalue weighted by Gasteiger charge is -2.12. The van der Waals surface area contributed by atoms with E-state index in [1.54, 1.807) is 24.3 Å². The van der Waals surface area contributed by atoms with E-state index in [1.807, 2.05) is 4.72 Å². The number of nitrogens with one attached hydrogen (secondary N) is 1. The molecule has 0 aliphatic carbocycles. The van der Waals surface area contributed by atoms with Gasteiger partial charge in [0.2, 0.25) is 10.0 Å². The van der Waals surface area contributed by atoms with Gasteiger partial charge < -0.3 is 14.6 Å². The third kappa shape index (κ3) is 3.32. The van der Waals surface area contributed by atoms with Gasteiger partial charge in [0.05, 0.1) is 11.3 Å². The van der Waals surface area contributed by atoms with Crippen molar-refractivity contribution in [1.82, 2.24) is 4.72 Å². The lowest BCUT2D eigenvalue weighted by atomic mass is 10.1. The Kier molecular flexibility index (Phi) is 4.19. The van der Waals surface area contributed by atoms with Gasteiger partial charge in [0, 0.05) is 10.8 Å². The Balaban J connectivity index is 2.03. The van der Waals surface area contributed by atoms with Crippen LogP contribution >= 0.6 is 0 Å². The molecule has 3 rings (SSSR count). The predicted molar refractivity (Wildman–Crippen MR) is 87.7 cm³/mol. The fourth-order valence-electron chi connectivity index (χ4n) is 2.48. The predicted octanol–water partition coefficient (Wildman–Crippen LogP) is 1.79. The molecule has 1 atom stereocenters. The molecular formula is C16H13NO7S. The van der Waals surface area contributed by atoms with Gasteiger partial charge in [-0.1, -0.05) is 18.2 Å². The van der Waals surface area contributed by atoms with Gasteiger partial charge in [-0.25, -0.2) is 8.42 Å². The second-order valence-electron chi connectivity index (χ2n) is 5.37. The van der Waals surface area contributed by atoms with Crippen LogP contribution in [0.3, 0.4) is 0 Å². The molecule has 0 bridgehead atoms. The SMILES string of the molecule is O=C(O)CC(NS(=O)(=O)c1ccc2oc3ccccc3c2c1)C(=O)O. The second kappa shape index (κ2) is 6.19. The molecule has 25 heavy (non-hydrogen) atoms. The number of benzene rings is 2. The Morgan fingerprint density at radius 2 is 1.72 bits per heavy atom. The number of furan rings is 1. The zero-order valence-electron chi connectivity index (χ0n) is 12.7. The smallest absolute Gasteiger partial charge is 0.322 e. The number of fused-ring (bicyclic) bond motifs is 3. The van der Waals surface area contributed by atoms with E-state index in [1.165, 1.54) is 18.2 Å². The topological polar surface area (TPSA) is 134 Å². The molecule has 3 aromatic rings. The summed E-state index contributed by atoms with van der Waals surface area (Å²) in [5.74, 6) is -2.99.